The number of carbonyl (C=O) groups excluding carboxylic acids is 1. The van der Waals surface area contributed by atoms with Crippen molar-refractivity contribution in [3.05, 3.63) is 41.7 Å². The van der Waals surface area contributed by atoms with Gasteiger partial charge in [-0.25, -0.2) is 0 Å². The molecule has 3 rings (SSSR count). The van der Waals surface area contributed by atoms with Crippen molar-refractivity contribution in [3.8, 4) is 11.3 Å². The van der Waals surface area contributed by atoms with Gasteiger partial charge < -0.3 is 14.7 Å². The zero-order chi connectivity index (χ0) is 14.8. The first-order valence-electron chi connectivity index (χ1n) is 7.18. The van der Waals surface area contributed by atoms with Crippen LogP contribution in [0.25, 0.3) is 11.3 Å². The minimum Gasteiger partial charge on any atom is -0.360 e. The van der Waals surface area contributed by atoms with Gasteiger partial charge in [-0.05, 0) is 19.9 Å². The third kappa shape index (κ3) is 2.56. The molecule has 1 aromatic carbocycles. The van der Waals surface area contributed by atoms with Gasteiger partial charge in [-0.2, -0.15) is 0 Å². The van der Waals surface area contributed by atoms with E-state index in [0.717, 1.165) is 25.1 Å². The average Bonchev–Trinajstić information content (AvgIpc) is 3.16. The summed E-state index contributed by atoms with van der Waals surface area (Å²) in [4.78, 5) is 14.6. The highest BCUT2D eigenvalue weighted by Gasteiger charge is 2.29. The van der Waals surface area contributed by atoms with Gasteiger partial charge in [-0.3, -0.25) is 4.79 Å². The second kappa shape index (κ2) is 5.69. The molecule has 1 aliphatic rings. The van der Waals surface area contributed by atoms with Gasteiger partial charge in [0.15, 0.2) is 0 Å². The van der Waals surface area contributed by atoms with Crippen molar-refractivity contribution in [1.82, 2.24) is 15.4 Å². The molecule has 1 saturated heterocycles. The molecule has 2 heterocycles. The molecule has 1 unspecified atom stereocenters. The minimum absolute atomic E-state index is 0.0266. The van der Waals surface area contributed by atoms with Crippen LogP contribution in [-0.4, -0.2) is 42.1 Å². The Morgan fingerprint density at radius 2 is 2.14 bits per heavy atom. The predicted molar refractivity (Wildman–Crippen MR) is 80.0 cm³/mol. The van der Waals surface area contributed by atoms with Crippen molar-refractivity contribution >= 4 is 5.91 Å². The smallest absolute Gasteiger partial charge is 0.259 e. The van der Waals surface area contributed by atoms with Gasteiger partial charge in [0.25, 0.3) is 5.91 Å². The summed E-state index contributed by atoms with van der Waals surface area (Å²) in [5.41, 5.74) is 2.09. The monoisotopic (exact) mass is 285 g/mol. The second-order valence-corrected chi connectivity index (χ2v) is 5.39. The van der Waals surface area contributed by atoms with Crippen LogP contribution in [0.5, 0.6) is 0 Å². The highest BCUT2D eigenvalue weighted by molar-refractivity contribution is 6.00. The molecule has 1 aromatic heterocycles. The normalized spacial score (nSPS) is 17.9. The van der Waals surface area contributed by atoms with Crippen LogP contribution in [0.1, 0.15) is 22.5 Å². The summed E-state index contributed by atoms with van der Waals surface area (Å²) in [5, 5.41) is 7.36. The maximum atomic E-state index is 12.8. The quantitative estimate of drug-likeness (QED) is 0.938. The van der Waals surface area contributed by atoms with Crippen molar-refractivity contribution in [2.45, 2.75) is 19.4 Å². The van der Waals surface area contributed by atoms with Crippen LogP contribution >= 0.6 is 0 Å². The minimum atomic E-state index is -0.0266. The molecule has 1 N–H and O–H groups in total. The van der Waals surface area contributed by atoms with E-state index in [1.54, 1.807) is 11.8 Å². The molecule has 1 aliphatic heterocycles. The Hall–Kier alpha value is -2.14. The fourth-order valence-corrected chi connectivity index (χ4v) is 2.73. The molecular formula is C16H19N3O2. The zero-order valence-corrected chi connectivity index (χ0v) is 12.3. The molecule has 0 saturated carbocycles. The Kier molecular flexibility index (Phi) is 3.75. The lowest BCUT2D eigenvalue weighted by molar-refractivity contribution is 0.0742. The molecule has 1 atom stereocenters. The first-order valence-corrected chi connectivity index (χ1v) is 7.18. The number of benzene rings is 1. The average molecular weight is 285 g/mol. The molecule has 5 nitrogen and oxygen atoms in total. The molecular weight excluding hydrogens is 266 g/mol. The number of amides is 1. The molecule has 0 radical (unpaired) electrons. The van der Waals surface area contributed by atoms with Gasteiger partial charge in [-0.1, -0.05) is 35.5 Å². The van der Waals surface area contributed by atoms with E-state index in [1.165, 1.54) is 0 Å². The van der Waals surface area contributed by atoms with E-state index >= 15 is 0 Å². The van der Waals surface area contributed by atoms with Gasteiger partial charge in [0, 0.05) is 25.2 Å². The summed E-state index contributed by atoms with van der Waals surface area (Å²) < 4.78 is 5.27. The molecule has 2 aromatic rings. The van der Waals surface area contributed by atoms with Gasteiger partial charge in [0.2, 0.25) is 0 Å². The Morgan fingerprint density at radius 1 is 1.38 bits per heavy atom. The number of carbonyl (C=O) groups is 1. The number of rotatable bonds is 3. The van der Waals surface area contributed by atoms with Crippen LogP contribution in [0.3, 0.4) is 0 Å². The third-order valence-electron chi connectivity index (χ3n) is 4.03. The maximum absolute atomic E-state index is 12.8. The highest BCUT2D eigenvalue weighted by Crippen LogP contribution is 2.26. The van der Waals surface area contributed by atoms with Crippen LogP contribution < -0.4 is 5.32 Å². The number of aryl methyl sites for hydroxylation is 1. The fourth-order valence-electron chi connectivity index (χ4n) is 2.73. The molecule has 1 amide bonds. The van der Waals surface area contributed by atoms with E-state index in [2.05, 4.69) is 10.5 Å². The van der Waals surface area contributed by atoms with Crippen molar-refractivity contribution in [1.29, 1.82) is 0 Å². The summed E-state index contributed by atoms with van der Waals surface area (Å²) in [6, 6.07) is 9.90. The van der Waals surface area contributed by atoms with Crippen LogP contribution in [0, 0.1) is 6.92 Å². The largest absolute Gasteiger partial charge is 0.360 e. The van der Waals surface area contributed by atoms with Gasteiger partial charge in [-0.15, -0.1) is 0 Å². The number of hydrogen-bond donors (Lipinski definition) is 1. The number of aromatic nitrogens is 1. The van der Waals surface area contributed by atoms with Crippen LogP contribution in [0.15, 0.2) is 34.9 Å². The molecule has 0 bridgehead atoms. The van der Waals surface area contributed by atoms with Crippen molar-refractivity contribution < 1.29 is 9.32 Å². The second-order valence-electron chi connectivity index (χ2n) is 5.39. The summed E-state index contributed by atoms with van der Waals surface area (Å²) in [7, 11) is 1.85. The Balaban J connectivity index is 1.94. The van der Waals surface area contributed by atoms with E-state index in [4.69, 9.17) is 4.52 Å². The standard InChI is InChI=1S/C16H19N3O2/c1-11-14(16(20)19(2)13-8-9-17-10-13)15(18-21-11)12-6-4-3-5-7-12/h3-7,13,17H,8-10H2,1-2H3. The van der Waals surface area contributed by atoms with E-state index in [1.807, 2.05) is 37.4 Å². The van der Waals surface area contributed by atoms with Crippen molar-refractivity contribution in [2.75, 3.05) is 20.1 Å². The van der Waals surface area contributed by atoms with E-state index in [-0.39, 0.29) is 11.9 Å². The number of hydrogen-bond acceptors (Lipinski definition) is 4. The Bertz CT molecular complexity index is 630. The Morgan fingerprint density at radius 3 is 2.81 bits per heavy atom. The first-order chi connectivity index (χ1) is 10.2. The SMILES string of the molecule is Cc1onc(-c2ccccc2)c1C(=O)N(C)C1CCNC1. The number of nitrogens with zero attached hydrogens (tertiary/aromatic N) is 2. The summed E-state index contributed by atoms with van der Waals surface area (Å²) in [5.74, 6) is 0.540. The lowest BCUT2D eigenvalue weighted by atomic mass is 10.0. The maximum Gasteiger partial charge on any atom is 0.259 e. The van der Waals surface area contributed by atoms with Crippen LogP contribution in [-0.2, 0) is 0 Å². The topological polar surface area (TPSA) is 58.4 Å². The predicted octanol–water partition coefficient (Wildman–Crippen LogP) is 2.08. The summed E-state index contributed by atoms with van der Waals surface area (Å²) >= 11 is 0. The third-order valence-corrected chi connectivity index (χ3v) is 4.03. The molecule has 1 fully saturated rings. The van der Waals surface area contributed by atoms with E-state index in [0.29, 0.717) is 17.0 Å². The van der Waals surface area contributed by atoms with Crippen molar-refractivity contribution in [2.24, 2.45) is 0 Å². The molecule has 0 spiro atoms. The van der Waals surface area contributed by atoms with Crippen molar-refractivity contribution in [3.63, 3.8) is 0 Å². The van der Waals surface area contributed by atoms with Gasteiger partial charge >= 0.3 is 0 Å². The molecule has 0 aliphatic carbocycles. The summed E-state index contributed by atoms with van der Waals surface area (Å²) in [6.45, 7) is 3.58. The lowest BCUT2D eigenvalue weighted by Crippen LogP contribution is -2.38. The zero-order valence-electron chi connectivity index (χ0n) is 12.3. The van der Waals surface area contributed by atoms with Crippen LogP contribution in [0.4, 0.5) is 0 Å². The number of nitrogens with one attached hydrogen (secondary N) is 1. The lowest BCUT2D eigenvalue weighted by Gasteiger charge is -2.23. The highest BCUT2D eigenvalue weighted by atomic mass is 16.5. The summed E-state index contributed by atoms with van der Waals surface area (Å²) in [6.07, 6.45) is 0.979. The van der Waals surface area contributed by atoms with Gasteiger partial charge in [0.05, 0.1) is 0 Å². The molecule has 21 heavy (non-hydrogen) atoms. The van der Waals surface area contributed by atoms with Gasteiger partial charge in [0.1, 0.15) is 17.0 Å². The van der Waals surface area contributed by atoms with E-state index < -0.39 is 0 Å². The van der Waals surface area contributed by atoms with Crippen LogP contribution in [0.2, 0.25) is 0 Å². The number of likely N-dealkylation sites (N-methyl/N-ethyl adjacent to an activating group) is 1. The fraction of sp³-hybridized carbons (Fsp3) is 0.375. The first kappa shape index (κ1) is 13.8. The Labute approximate surface area is 123 Å². The molecule has 5 heteroatoms. The van der Waals surface area contributed by atoms with E-state index in [9.17, 15) is 4.79 Å². The molecule has 110 valence electrons.